The quantitative estimate of drug-likeness (QED) is 0.634. The number of ether oxygens (including phenoxy) is 2. The molecule has 28 heavy (non-hydrogen) atoms. The SMILES string of the molecule is Cc1ccc(Cl)c2sc(N3CCN(C(=O)c4ccc5c(c4)OCO5)CC3)nc12. The van der Waals surface area contributed by atoms with Crippen LogP contribution in [0.5, 0.6) is 11.5 Å². The van der Waals surface area contributed by atoms with E-state index in [1.807, 2.05) is 24.0 Å². The van der Waals surface area contributed by atoms with E-state index in [-0.39, 0.29) is 12.7 Å². The van der Waals surface area contributed by atoms with Crippen molar-refractivity contribution in [1.29, 1.82) is 0 Å². The van der Waals surface area contributed by atoms with Gasteiger partial charge in [0.05, 0.1) is 15.2 Å². The number of hydrogen-bond donors (Lipinski definition) is 0. The Morgan fingerprint density at radius 3 is 2.68 bits per heavy atom. The van der Waals surface area contributed by atoms with Gasteiger partial charge in [-0.2, -0.15) is 0 Å². The maximum absolute atomic E-state index is 12.9. The molecule has 0 radical (unpaired) electrons. The molecule has 0 unspecified atom stereocenters. The number of aryl methyl sites for hydroxylation is 1. The van der Waals surface area contributed by atoms with Gasteiger partial charge in [-0.25, -0.2) is 4.98 Å². The maximum atomic E-state index is 12.9. The van der Waals surface area contributed by atoms with Crippen molar-refractivity contribution in [2.24, 2.45) is 0 Å². The van der Waals surface area contributed by atoms with Crippen LogP contribution >= 0.6 is 22.9 Å². The molecule has 0 bridgehead atoms. The lowest BCUT2D eigenvalue weighted by atomic mass is 10.1. The molecular formula is C20H18ClN3O3S. The van der Waals surface area contributed by atoms with Gasteiger partial charge in [-0.05, 0) is 36.8 Å². The Hall–Kier alpha value is -2.51. The van der Waals surface area contributed by atoms with Crippen molar-refractivity contribution in [3.63, 3.8) is 0 Å². The summed E-state index contributed by atoms with van der Waals surface area (Å²) in [5.41, 5.74) is 2.71. The number of rotatable bonds is 2. The van der Waals surface area contributed by atoms with Gasteiger partial charge in [-0.1, -0.05) is 29.0 Å². The fourth-order valence-electron chi connectivity index (χ4n) is 3.54. The molecule has 6 nitrogen and oxygen atoms in total. The third kappa shape index (κ3) is 2.95. The van der Waals surface area contributed by atoms with Crippen LogP contribution < -0.4 is 14.4 Å². The first-order chi connectivity index (χ1) is 13.6. The van der Waals surface area contributed by atoms with Gasteiger partial charge in [0.2, 0.25) is 6.79 Å². The summed E-state index contributed by atoms with van der Waals surface area (Å²) >= 11 is 7.95. The smallest absolute Gasteiger partial charge is 0.254 e. The largest absolute Gasteiger partial charge is 0.454 e. The lowest BCUT2D eigenvalue weighted by molar-refractivity contribution is 0.0746. The number of piperazine rings is 1. The number of nitrogens with zero attached hydrogens (tertiary/aromatic N) is 3. The lowest BCUT2D eigenvalue weighted by Gasteiger charge is -2.34. The highest BCUT2D eigenvalue weighted by Gasteiger charge is 2.26. The first-order valence-electron chi connectivity index (χ1n) is 9.10. The minimum atomic E-state index is 0.0149. The molecule has 0 saturated carbocycles. The van der Waals surface area contributed by atoms with Crippen molar-refractivity contribution in [2.75, 3.05) is 37.9 Å². The van der Waals surface area contributed by atoms with Crippen molar-refractivity contribution in [3.8, 4) is 11.5 Å². The number of aromatic nitrogens is 1. The number of thiazole rings is 1. The number of amides is 1. The van der Waals surface area contributed by atoms with Crippen molar-refractivity contribution >= 4 is 44.2 Å². The second-order valence-corrected chi connectivity index (χ2v) is 8.27. The zero-order chi connectivity index (χ0) is 19.3. The third-order valence-corrected chi connectivity index (χ3v) is 6.72. The summed E-state index contributed by atoms with van der Waals surface area (Å²) in [5, 5.41) is 1.70. The van der Waals surface area contributed by atoms with E-state index in [4.69, 9.17) is 26.1 Å². The molecular weight excluding hydrogens is 398 g/mol. The van der Waals surface area contributed by atoms with E-state index >= 15 is 0 Å². The predicted octanol–water partition coefficient (Wildman–Crippen LogP) is 3.95. The molecule has 0 atom stereocenters. The molecule has 0 N–H and O–H groups in total. The molecule has 1 fully saturated rings. The predicted molar refractivity (Wildman–Crippen MR) is 110 cm³/mol. The molecule has 8 heteroatoms. The summed E-state index contributed by atoms with van der Waals surface area (Å²) in [7, 11) is 0. The summed E-state index contributed by atoms with van der Waals surface area (Å²) in [6.45, 7) is 5.03. The molecule has 1 saturated heterocycles. The van der Waals surface area contributed by atoms with Gasteiger partial charge in [-0.3, -0.25) is 4.79 Å². The third-order valence-electron chi connectivity index (χ3n) is 5.14. The van der Waals surface area contributed by atoms with E-state index in [0.717, 1.165) is 39.0 Å². The lowest BCUT2D eigenvalue weighted by Crippen LogP contribution is -2.48. The minimum absolute atomic E-state index is 0.0149. The van der Waals surface area contributed by atoms with Crippen LogP contribution in [0.4, 0.5) is 5.13 Å². The first-order valence-corrected chi connectivity index (χ1v) is 10.3. The molecule has 3 aromatic rings. The fraction of sp³-hybridized carbons (Fsp3) is 0.300. The number of anilines is 1. The van der Waals surface area contributed by atoms with Crippen LogP contribution in [0.25, 0.3) is 10.2 Å². The Kier molecular flexibility index (Phi) is 4.29. The highest BCUT2D eigenvalue weighted by Crippen LogP contribution is 2.36. The monoisotopic (exact) mass is 415 g/mol. The molecule has 0 spiro atoms. The zero-order valence-corrected chi connectivity index (χ0v) is 16.8. The van der Waals surface area contributed by atoms with E-state index in [0.29, 0.717) is 30.2 Å². The normalized spacial score (nSPS) is 16.1. The molecule has 2 aromatic carbocycles. The van der Waals surface area contributed by atoms with E-state index < -0.39 is 0 Å². The van der Waals surface area contributed by atoms with Crippen molar-refractivity contribution in [1.82, 2.24) is 9.88 Å². The number of carbonyl (C=O) groups is 1. The Bertz CT molecular complexity index is 1040. The Morgan fingerprint density at radius 2 is 1.89 bits per heavy atom. The summed E-state index contributed by atoms with van der Waals surface area (Å²) < 4.78 is 11.7. The average molecular weight is 416 g/mol. The van der Waals surface area contributed by atoms with Crippen LogP contribution in [0.1, 0.15) is 15.9 Å². The standard InChI is InChI=1S/C20H18ClN3O3S/c1-12-2-4-14(21)18-17(12)22-20(28-18)24-8-6-23(7-9-24)19(25)13-3-5-15-16(10-13)27-11-26-15/h2-5,10H,6-9,11H2,1H3. The Morgan fingerprint density at radius 1 is 1.11 bits per heavy atom. The van der Waals surface area contributed by atoms with Crippen molar-refractivity contribution < 1.29 is 14.3 Å². The number of hydrogen-bond acceptors (Lipinski definition) is 6. The molecule has 144 valence electrons. The van der Waals surface area contributed by atoms with Gasteiger partial charge in [-0.15, -0.1) is 0 Å². The van der Waals surface area contributed by atoms with Crippen LogP contribution in [0.3, 0.4) is 0 Å². The molecule has 2 aliphatic heterocycles. The molecule has 1 amide bonds. The summed E-state index contributed by atoms with van der Waals surface area (Å²) in [4.78, 5) is 21.7. The van der Waals surface area contributed by atoms with E-state index in [9.17, 15) is 4.79 Å². The van der Waals surface area contributed by atoms with Crippen molar-refractivity contribution in [2.45, 2.75) is 6.92 Å². The highest BCUT2D eigenvalue weighted by molar-refractivity contribution is 7.22. The van der Waals surface area contributed by atoms with Crippen molar-refractivity contribution in [3.05, 3.63) is 46.5 Å². The molecule has 2 aliphatic rings. The molecule has 5 rings (SSSR count). The molecule has 1 aromatic heterocycles. The van der Waals surface area contributed by atoms with Crippen LogP contribution in [0, 0.1) is 6.92 Å². The van der Waals surface area contributed by atoms with Gasteiger partial charge in [0.1, 0.15) is 0 Å². The molecule has 3 heterocycles. The number of fused-ring (bicyclic) bond motifs is 2. The second-order valence-electron chi connectivity index (χ2n) is 6.89. The minimum Gasteiger partial charge on any atom is -0.454 e. The van der Waals surface area contributed by atoms with Gasteiger partial charge in [0.25, 0.3) is 5.91 Å². The fourth-order valence-corrected chi connectivity index (χ4v) is 4.91. The average Bonchev–Trinajstić information content (AvgIpc) is 3.37. The topological polar surface area (TPSA) is 54.9 Å². The number of carbonyl (C=O) groups excluding carboxylic acids is 1. The highest BCUT2D eigenvalue weighted by atomic mass is 35.5. The van der Waals surface area contributed by atoms with Gasteiger partial charge < -0.3 is 19.3 Å². The van der Waals surface area contributed by atoms with Gasteiger partial charge in [0, 0.05) is 31.7 Å². The van der Waals surface area contributed by atoms with E-state index in [2.05, 4.69) is 4.90 Å². The van der Waals surface area contributed by atoms with Gasteiger partial charge >= 0.3 is 0 Å². The zero-order valence-electron chi connectivity index (χ0n) is 15.3. The Balaban J connectivity index is 1.30. The number of benzene rings is 2. The van der Waals surface area contributed by atoms with Crippen LogP contribution in [0.2, 0.25) is 5.02 Å². The van der Waals surface area contributed by atoms with Gasteiger partial charge in [0.15, 0.2) is 16.6 Å². The van der Waals surface area contributed by atoms with E-state index in [1.165, 1.54) is 0 Å². The van der Waals surface area contributed by atoms with Crippen LogP contribution in [0.15, 0.2) is 30.3 Å². The molecule has 0 aliphatic carbocycles. The Labute approximate surface area is 171 Å². The summed E-state index contributed by atoms with van der Waals surface area (Å²) in [5.74, 6) is 1.33. The second kappa shape index (κ2) is 6.83. The first kappa shape index (κ1) is 17.6. The van der Waals surface area contributed by atoms with E-state index in [1.54, 1.807) is 29.5 Å². The summed E-state index contributed by atoms with van der Waals surface area (Å²) in [6, 6.07) is 9.26. The number of halogens is 1. The summed E-state index contributed by atoms with van der Waals surface area (Å²) in [6.07, 6.45) is 0. The maximum Gasteiger partial charge on any atom is 0.254 e. The van der Waals surface area contributed by atoms with Crippen LogP contribution in [-0.4, -0.2) is 48.8 Å². The van der Waals surface area contributed by atoms with Crippen LogP contribution in [-0.2, 0) is 0 Å².